The Hall–Kier alpha value is -3.36. The molecule has 2 fully saturated rings. The lowest BCUT2D eigenvalue weighted by Crippen LogP contribution is -2.37. The van der Waals surface area contributed by atoms with Crippen LogP contribution < -0.4 is 4.90 Å². The van der Waals surface area contributed by atoms with Gasteiger partial charge in [0, 0.05) is 48.4 Å². The number of fused-ring (bicyclic) bond motifs is 1. The highest BCUT2D eigenvalue weighted by Crippen LogP contribution is 2.52. The van der Waals surface area contributed by atoms with Gasteiger partial charge >= 0.3 is 0 Å². The number of carbonyl (C=O) groups is 1. The first-order valence-electron chi connectivity index (χ1n) is 10.7. The molecule has 3 aromatic rings. The molecule has 2 atom stereocenters. The van der Waals surface area contributed by atoms with Crippen molar-refractivity contribution in [1.29, 1.82) is 0 Å². The van der Waals surface area contributed by atoms with E-state index >= 15 is 0 Å². The predicted octanol–water partition coefficient (Wildman–Crippen LogP) is 2.80. The molecule has 0 bridgehead atoms. The van der Waals surface area contributed by atoms with Gasteiger partial charge in [0.15, 0.2) is 0 Å². The third-order valence-electron chi connectivity index (χ3n) is 7.00. The zero-order chi connectivity index (χ0) is 22.7. The Kier molecular flexibility index (Phi) is 4.54. The number of benzene rings is 1. The molecule has 0 aliphatic carbocycles. The molecule has 166 valence electrons. The summed E-state index contributed by atoms with van der Waals surface area (Å²) in [7, 11) is 0. The van der Waals surface area contributed by atoms with Gasteiger partial charge < -0.3 is 9.80 Å². The zero-order valence-corrected chi connectivity index (χ0v) is 18.7. The fraction of sp³-hybridized carbons (Fsp3) is 0.435. The number of halogens is 1. The Bertz CT molecular complexity index is 1160. The summed E-state index contributed by atoms with van der Waals surface area (Å²) in [5, 5.41) is 8.17. The smallest absolute Gasteiger partial charge is 0.259 e. The number of aromatic nitrogens is 5. The van der Waals surface area contributed by atoms with Gasteiger partial charge in [-0.3, -0.25) is 4.79 Å². The fourth-order valence-electron chi connectivity index (χ4n) is 5.18. The third kappa shape index (κ3) is 3.14. The highest BCUT2D eigenvalue weighted by atomic mass is 19.1. The molecule has 0 radical (unpaired) electrons. The number of likely N-dealkylation sites (tertiary alicyclic amines) is 1. The van der Waals surface area contributed by atoms with Crippen molar-refractivity contribution in [1.82, 2.24) is 29.9 Å². The summed E-state index contributed by atoms with van der Waals surface area (Å²) in [5.41, 5.74) is 1.90. The second-order valence-corrected chi connectivity index (χ2v) is 9.54. The highest BCUT2D eigenvalue weighted by Gasteiger charge is 2.59. The van der Waals surface area contributed by atoms with Gasteiger partial charge in [-0.1, -0.05) is 19.9 Å². The van der Waals surface area contributed by atoms with Crippen molar-refractivity contribution < 1.29 is 9.18 Å². The molecule has 1 amide bonds. The topological polar surface area (TPSA) is 80.0 Å². The molecule has 8 nitrogen and oxygen atoms in total. The maximum absolute atomic E-state index is 14.8. The van der Waals surface area contributed by atoms with E-state index in [9.17, 15) is 9.18 Å². The van der Waals surface area contributed by atoms with Crippen LogP contribution in [0.2, 0.25) is 0 Å². The number of hydrogen-bond acceptors (Lipinski definition) is 6. The van der Waals surface area contributed by atoms with Crippen molar-refractivity contribution >= 4 is 11.9 Å². The quantitative estimate of drug-likeness (QED) is 0.629. The lowest BCUT2D eigenvalue weighted by molar-refractivity contribution is 0.0766. The summed E-state index contributed by atoms with van der Waals surface area (Å²) in [5.74, 6) is -0.165. The predicted molar refractivity (Wildman–Crippen MR) is 117 cm³/mol. The van der Waals surface area contributed by atoms with Crippen LogP contribution in [-0.2, 0) is 0 Å². The highest BCUT2D eigenvalue weighted by molar-refractivity contribution is 5.98. The average Bonchev–Trinajstić information content (AvgIpc) is 3.39. The number of hydrogen-bond donors (Lipinski definition) is 0. The maximum Gasteiger partial charge on any atom is 0.259 e. The van der Waals surface area contributed by atoms with Crippen molar-refractivity contribution in [2.24, 2.45) is 10.8 Å². The number of amides is 1. The van der Waals surface area contributed by atoms with Gasteiger partial charge in [0.05, 0.1) is 12.4 Å². The van der Waals surface area contributed by atoms with Crippen molar-refractivity contribution in [2.75, 3.05) is 31.1 Å². The minimum Gasteiger partial charge on any atom is -0.340 e. The first kappa shape index (κ1) is 20.5. The lowest BCUT2D eigenvalue weighted by atomic mass is 9.71. The summed E-state index contributed by atoms with van der Waals surface area (Å²) in [6, 6.07) is 6.49. The third-order valence-corrected chi connectivity index (χ3v) is 7.00. The molecule has 2 aliphatic rings. The van der Waals surface area contributed by atoms with Gasteiger partial charge in [-0.2, -0.15) is 15.0 Å². The lowest BCUT2D eigenvalue weighted by Gasteiger charge is -2.29. The van der Waals surface area contributed by atoms with Crippen LogP contribution >= 0.6 is 0 Å². The molecule has 2 aromatic heterocycles. The summed E-state index contributed by atoms with van der Waals surface area (Å²) >= 11 is 0. The number of carbonyl (C=O) groups excluding carboxylic acids is 1. The van der Waals surface area contributed by atoms with Crippen molar-refractivity contribution in [3.05, 3.63) is 59.4 Å². The first-order chi connectivity index (χ1) is 15.2. The minimum atomic E-state index is -0.567. The van der Waals surface area contributed by atoms with Gasteiger partial charge in [-0.05, 0) is 32.0 Å². The summed E-state index contributed by atoms with van der Waals surface area (Å²) in [6.07, 6.45) is 3.01. The number of rotatable bonds is 3. The van der Waals surface area contributed by atoms with Gasteiger partial charge in [-0.25, -0.2) is 14.4 Å². The van der Waals surface area contributed by atoms with E-state index in [-0.39, 0.29) is 22.3 Å². The molecular formula is C23H26FN7O. The van der Waals surface area contributed by atoms with Crippen LogP contribution in [0.5, 0.6) is 0 Å². The van der Waals surface area contributed by atoms with E-state index < -0.39 is 5.82 Å². The van der Waals surface area contributed by atoms with E-state index in [4.69, 9.17) is 0 Å². The molecule has 5 rings (SSSR count). The van der Waals surface area contributed by atoms with E-state index in [0.717, 1.165) is 30.4 Å². The van der Waals surface area contributed by atoms with Crippen LogP contribution in [0, 0.1) is 30.5 Å². The van der Waals surface area contributed by atoms with Crippen LogP contribution in [0.3, 0.4) is 0 Å². The molecule has 9 heteroatoms. The van der Waals surface area contributed by atoms with Crippen LogP contribution in [0.15, 0.2) is 36.7 Å². The van der Waals surface area contributed by atoms with E-state index in [1.54, 1.807) is 17.0 Å². The number of nitrogens with zero attached hydrogens (tertiary/aromatic N) is 7. The molecule has 2 saturated heterocycles. The Morgan fingerprint density at radius 1 is 0.969 bits per heavy atom. The molecule has 4 heterocycles. The van der Waals surface area contributed by atoms with Crippen molar-refractivity contribution in [2.45, 2.75) is 27.7 Å². The fourth-order valence-corrected chi connectivity index (χ4v) is 5.18. The summed E-state index contributed by atoms with van der Waals surface area (Å²) in [6.45, 7) is 10.9. The van der Waals surface area contributed by atoms with Crippen LogP contribution in [0.1, 0.15) is 35.6 Å². The second-order valence-electron chi connectivity index (χ2n) is 9.54. The second kappa shape index (κ2) is 7.08. The molecule has 0 saturated carbocycles. The van der Waals surface area contributed by atoms with E-state index in [1.165, 1.54) is 23.3 Å². The van der Waals surface area contributed by atoms with Crippen LogP contribution in [-0.4, -0.2) is 61.9 Å². The van der Waals surface area contributed by atoms with Crippen LogP contribution in [0.25, 0.3) is 5.69 Å². The minimum absolute atomic E-state index is 0.00497. The Morgan fingerprint density at radius 2 is 1.56 bits per heavy atom. The molecule has 0 spiro atoms. The standard InChI is InChI=1S/C23H26FN7O/c1-15-10-16(2)28-21(27-15)30-13-22(3)11-29(12-23(22,4)14-30)20(32)19-17(24)6-5-7-18(19)31-25-8-9-26-31/h5-10H,11-14H2,1-4H3/t22-,23+. The zero-order valence-electron chi connectivity index (χ0n) is 18.7. The number of anilines is 1. The number of aryl methyl sites for hydroxylation is 2. The maximum atomic E-state index is 14.8. The summed E-state index contributed by atoms with van der Waals surface area (Å²) < 4.78 is 14.8. The molecule has 1 aromatic carbocycles. The normalized spacial score (nSPS) is 24.8. The first-order valence-corrected chi connectivity index (χ1v) is 10.7. The van der Waals surface area contributed by atoms with Gasteiger partial charge in [0.2, 0.25) is 5.95 Å². The SMILES string of the molecule is Cc1cc(C)nc(N2C[C@]3(C)CN(C(=O)c4c(F)cccc4-n4nccn4)C[C@]3(C)C2)n1. The van der Waals surface area contributed by atoms with Gasteiger partial charge in [0.25, 0.3) is 5.91 Å². The van der Waals surface area contributed by atoms with Crippen molar-refractivity contribution in [3.8, 4) is 5.69 Å². The molecule has 0 N–H and O–H groups in total. The Labute approximate surface area is 186 Å². The van der Waals surface area contributed by atoms with Crippen LogP contribution in [0.4, 0.5) is 10.3 Å². The monoisotopic (exact) mass is 435 g/mol. The Balaban J connectivity index is 1.43. The molecular weight excluding hydrogens is 409 g/mol. The molecule has 32 heavy (non-hydrogen) atoms. The Morgan fingerprint density at radius 3 is 2.16 bits per heavy atom. The molecule has 2 aliphatic heterocycles. The van der Waals surface area contributed by atoms with Gasteiger partial charge in [0.1, 0.15) is 17.1 Å². The molecule has 0 unspecified atom stereocenters. The van der Waals surface area contributed by atoms with Gasteiger partial charge in [-0.15, -0.1) is 0 Å². The summed E-state index contributed by atoms with van der Waals surface area (Å²) in [4.78, 5) is 28.0. The van der Waals surface area contributed by atoms with E-state index in [0.29, 0.717) is 18.8 Å². The largest absolute Gasteiger partial charge is 0.340 e. The van der Waals surface area contributed by atoms with E-state index in [2.05, 4.69) is 38.9 Å². The average molecular weight is 436 g/mol. The van der Waals surface area contributed by atoms with E-state index in [1.807, 2.05) is 19.9 Å². The van der Waals surface area contributed by atoms with Crippen molar-refractivity contribution in [3.63, 3.8) is 0 Å².